The molecule has 1 amide bonds. The van der Waals surface area contributed by atoms with Gasteiger partial charge in [-0.15, -0.1) is 0 Å². The van der Waals surface area contributed by atoms with Crippen molar-refractivity contribution in [1.82, 2.24) is 9.21 Å². The minimum Gasteiger partial charge on any atom is -0.493 e. The number of carbonyl (C=O) groups excluding carboxylic acids is 1. The average molecular weight is 391 g/mol. The SMILES string of the molecule is Cc1ccccc1OCCCN(C)C(=O)c1ccc(S(=O)(=O)N(C)C)cc1. The van der Waals surface area contributed by atoms with Crippen LogP contribution < -0.4 is 4.74 Å². The zero-order valence-corrected chi connectivity index (χ0v) is 17.0. The molecule has 2 aromatic rings. The van der Waals surface area contributed by atoms with Gasteiger partial charge in [0.15, 0.2) is 0 Å². The molecule has 0 heterocycles. The minimum absolute atomic E-state index is 0.153. The fourth-order valence-electron chi connectivity index (χ4n) is 2.50. The Bertz CT molecular complexity index is 877. The summed E-state index contributed by atoms with van der Waals surface area (Å²) in [5.41, 5.74) is 1.53. The summed E-state index contributed by atoms with van der Waals surface area (Å²) in [6, 6.07) is 13.8. The highest BCUT2D eigenvalue weighted by Gasteiger charge is 2.18. The third kappa shape index (κ3) is 5.30. The van der Waals surface area contributed by atoms with Gasteiger partial charge in [-0.2, -0.15) is 0 Å². The van der Waals surface area contributed by atoms with Crippen LogP contribution in [0.3, 0.4) is 0 Å². The molecular formula is C20H26N2O4S. The first kappa shape index (κ1) is 20.9. The van der Waals surface area contributed by atoms with E-state index in [0.29, 0.717) is 25.1 Å². The van der Waals surface area contributed by atoms with Crippen molar-refractivity contribution in [3.05, 3.63) is 59.7 Å². The molecule has 0 aromatic heterocycles. The second-order valence-electron chi connectivity index (χ2n) is 6.51. The molecule has 0 radical (unpaired) electrons. The first-order valence-electron chi connectivity index (χ1n) is 8.70. The number of para-hydroxylation sites is 1. The molecule has 0 saturated carbocycles. The lowest BCUT2D eigenvalue weighted by Crippen LogP contribution is -2.28. The molecule has 0 N–H and O–H groups in total. The van der Waals surface area contributed by atoms with Crippen molar-refractivity contribution in [3.63, 3.8) is 0 Å². The fourth-order valence-corrected chi connectivity index (χ4v) is 3.41. The summed E-state index contributed by atoms with van der Waals surface area (Å²) < 4.78 is 31.0. The van der Waals surface area contributed by atoms with Gasteiger partial charge in [-0.1, -0.05) is 18.2 Å². The monoisotopic (exact) mass is 390 g/mol. The number of rotatable bonds is 8. The van der Waals surface area contributed by atoms with Crippen molar-refractivity contribution in [1.29, 1.82) is 0 Å². The second kappa shape index (κ2) is 9.01. The molecule has 0 aliphatic heterocycles. The Labute approximate surface area is 161 Å². The summed E-state index contributed by atoms with van der Waals surface area (Å²) >= 11 is 0. The number of nitrogens with zero attached hydrogens (tertiary/aromatic N) is 2. The minimum atomic E-state index is -3.50. The van der Waals surface area contributed by atoms with E-state index in [-0.39, 0.29) is 10.8 Å². The quantitative estimate of drug-likeness (QED) is 0.650. The Morgan fingerprint density at radius 3 is 2.22 bits per heavy atom. The van der Waals surface area contributed by atoms with Crippen molar-refractivity contribution in [2.45, 2.75) is 18.2 Å². The number of amides is 1. The van der Waals surface area contributed by atoms with Crippen LogP contribution in [0.1, 0.15) is 22.3 Å². The first-order valence-corrected chi connectivity index (χ1v) is 10.1. The number of sulfonamides is 1. The topological polar surface area (TPSA) is 66.9 Å². The van der Waals surface area contributed by atoms with Gasteiger partial charge in [0, 0.05) is 33.3 Å². The van der Waals surface area contributed by atoms with Crippen LogP contribution >= 0.6 is 0 Å². The zero-order valence-electron chi connectivity index (χ0n) is 16.2. The maximum atomic E-state index is 12.5. The summed E-state index contributed by atoms with van der Waals surface area (Å²) in [4.78, 5) is 14.3. The van der Waals surface area contributed by atoms with Gasteiger partial charge in [0.1, 0.15) is 5.75 Å². The molecule has 2 rings (SSSR count). The molecule has 146 valence electrons. The van der Waals surface area contributed by atoms with Crippen LogP contribution in [0.4, 0.5) is 0 Å². The number of benzene rings is 2. The van der Waals surface area contributed by atoms with Gasteiger partial charge in [-0.05, 0) is 49.2 Å². The van der Waals surface area contributed by atoms with Gasteiger partial charge in [-0.3, -0.25) is 4.79 Å². The average Bonchev–Trinajstić information content (AvgIpc) is 2.65. The van der Waals surface area contributed by atoms with Crippen LogP contribution in [0.2, 0.25) is 0 Å². The summed E-state index contributed by atoms with van der Waals surface area (Å²) in [6.45, 7) is 3.05. The van der Waals surface area contributed by atoms with Gasteiger partial charge in [-0.25, -0.2) is 12.7 Å². The highest BCUT2D eigenvalue weighted by Crippen LogP contribution is 2.17. The van der Waals surface area contributed by atoms with Crippen molar-refractivity contribution < 1.29 is 17.9 Å². The van der Waals surface area contributed by atoms with Crippen molar-refractivity contribution in [2.75, 3.05) is 34.3 Å². The van der Waals surface area contributed by atoms with Crippen LogP contribution in [-0.2, 0) is 10.0 Å². The Balaban J connectivity index is 1.89. The predicted octanol–water partition coefficient (Wildman–Crippen LogP) is 2.79. The second-order valence-corrected chi connectivity index (χ2v) is 8.66. The van der Waals surface area contributed by atoms with E-state index >= 15 is 0 Å². The smallest absolute Gasteiger partial charge is 0.253 e. The molecule has 0 bridgehead atoms. The number of ether oxygens (including phenoxy) is 1. The van der Waals surface area contributed by atoms with Gasteiger partial charge < -0.3 is 9.64 Å². The van der Waals surface area contributed by atoms with E-state index in [1.54, 1.807) is 24.1 Å². The number of hydrogen-bond donors (Lipinski definition) is 0. The van der Waals surface area contributed by atoms with E-state index in [1.165, 1.54) is 26.2 Å². The van der Waals surface area contributed by atoms with E-state index in [9.17, 15) is 13.2 Å². The third-order valence-corrected chi connectivity index (χ3v) is 6.04. The van der Waals surface area contributed by atoms with Crippen molar-refractivity contribution in [2.24, 2.45) is 0 Å². The molecule has 0 spiro atoms. The van der Waals surface area contributed by atoms with Gasteiger partial charge in [0.2, 0.25) is 10.0 Å². The Kier molecular flexibility index (Phi) is 6.98. The lowest BCUT2D eigenvalue weighted by Gasteiger charge is -2.18. The van der Waals surface area contributed by atoms with Crippen LogP contribution in [0.15, 0.2) is 53.4 Å². The molecule has 2 aromatic carbocycles. The van der Waals surface area contributed by atoms with Crippen molar-refractivity contribution in [3.8, 4) is 5.75 Å². The summed E-state index contributed by atoms with van der Waals surface area (Å²) in [7, 11) is 1.17. The molecule has 0 aliphatic rings. The normalized spacial score (nSPS) is 11.4. The number of carbonyl (C=O) groups is 1. The Hall–Kier alpha value is -2.38. The maximum absolute atomic E-state index is 12.5. The van der Waals surface area contributed by atoms with Crippen LogP contribution in [0, 0.1) is 6.92 Å². The summed E-state index contributed by atoms with van der Waals surface area (Å²) in [5, 5.41) is 0. The molecular weight excluding hydrogens is 364 g/mol. The largest absolute Gasteiger partial charge is 0.493 e. The highest BCUT2D eigenvalue weighted by atomic mass is 32.2. The Morgan fingerprint density at radius 2 is 1.63 bits per heavy atom. The molecule has 0 saturated heterocycles. The molecule has 6 nitrogen and oxygen atoms in total. The predicted molar refractivity (Wildman–Crippen MR) is 106 cm³/mol. The molecule has 0 atom stereocenters. The van der Waals surface area contributed by atoms with E-state index < -0.39 is 10.0 Å². The fraction of sp³-hybridized carbons (Fsp3) is 0.350. The van der Waals surface area contributed by atoms with E-state index in [0.717, 1.165) is 15.6 Å². The Morgan fingerprint density at radius 1 is 1.00 bits per heavy atom. The standard InChI is InChI=1S/C20H26N2O4S/c1-16-8-5-6-9-19(16)26-15-7-14-22(4)20(23)17-10-12-18(13-11-17)27(24,25)21(2)3/h5-6,8-13H,7,14-15H2,1-4H3. The molecule has 0 aliphatic carbocycles. The van der Waals surface area contributed by atoms with Crippen molar-refractivity contribution >= 4 is 15.9 Å². The van der Waals surface area contributed by atoms with Crippen LogP contribution in [0.5, 0.6) is 5.75 Å². The van der Waals surface area contributed by atoms with Crippen LogP contribution in [0.25, 0.3) is 0 Å². The maximum Gasteiger partial charge on any atom is 0.253 e. The van der Waals surface area contributed by atoms with E-state index in [2.05, 4.69) is 0 Å². The number of hydrogen-bond acceptors (Lipinski definition) is 4. The third-order valence-electron chi connectivity index (χ3n) is 4.22. The first-order chi connectivity index (χ1) is 12.7. The van der Waals surface area contributed by atoms with Gasteiger partial charge in [0.05, 0.1) is 11.5 Å². The zero-order chi connectivity index (χ0) is 20.0. The summed E-state index contributed by atoms with van der Waals surface area (Å²) in [5.74, 6) is 0.698. The lowest BCUT2D eigenvalue weighted by atomic mass is 10.2. The van der Waals surface area contributed by atoms with Crippen LogP contribution in [-0.4, -0.2) is 57.8 Å². The molecule has 0 unspecified atom stereocenters. The highest BCUT2D eigenvalue weighted by molar-refractivity contribution is 7.89. The molecule has 7 heteroatoms. The van der Waals surface area contributed by atoms with E-state index in [4.69, 9.17) is 4.74 Å². The molecule has 0 fully saturated rings. The lowest BCUT2D eigenvalue weighted by molar-refractivity contribution is 0.0787. The number of aryl methyl sites for hydroxylation is 1. The van der Waals surface area contributed by atoms with Gasteiger partial charge >= 0.3 is 0 Å². The van der Waals surface area contributed by atoms with Gasteiger partial charge in [0.25, 0.3) is 5.91 Å². The van der Waals surface area contributed by atoms with E-state index in [1.807, 2.05) is 31.2 Å². The molecule has 27 heavy (non-hydrogen) atoms. The summed E-state index contributed by atoms with van der Waals surface area (Å²) in [6.07, 6.45) is 0.698.